The Kier molecular flexibility index (Phi) is 5.16. The van der Waals surface area contributed by atoms with E-state index in [0.29, 0.717) is 0 Å². The van der Waals surface area contributed by atoms with Gasteiger partial charge >= 0.3 is 0 Å². The standard InChI is InChI=1S/C24H27N3O4/c1-16-4-3-5-17(2)23(16)27-22(28)13-19(24(27)29)26-10-8-25(9-11-26)14-18-6-7-20-21(12-18)31-15-30-20/h3-7,12,19H,8-11,13-15H2,1-2H3/t19-/m1/s1. The number of rotatable bonds is 4. The predicted molar refractivity (Wildman–Crippen MR) is 116 cm³/mol. The second kappa shape index (κ2) is 7.98. The third-order valence-electron chi connectivity index (χ3n) is 6.48. The number of carbonyl (C=O) groups excluding carboxylic acids is 2. The topological polar surface area (TPSA) is 62.3 Å². The second-order valence-electron chi connectivity index (χ2n) is 8.53. The number of aryl methyl sites for hydroxylation is 2. The van der Waals surface area contributed by atoms with Gasteiger partial charge in [0.25, 0.3) is 5.91 Å². The first kappa shape index (κ1) is 20.0. The van der Waals surface area contributed by atoms with Crippen LogP contribution in [0.1, 0.15) is 23.1 Å². The zero-order valence-corrected chi connectivity index (χ0v) is 18.0. The Bertz CT molecular complexity index is 1010. The molecule has 2 saturated heterocycles. The van der Waals surface area contributed by atoms with Gasteiger partial charge in [0.05, 0.1) is 18.2 Å². The van der Waals surface area contributed by atoms with E-state index in [0.717, 1.165) is 61.0 Å². The molecule has 2 fully saturated rings. The molecule has 0 unspecified atom stereocenters. The van der Waals surface area contributed by atoms with Crippen molar-refractivity contribution < 1.29 is 19.1 Å². The molecule has 0 saturated carbocycles. The van der Waals surface area contributed by atoms with Crippen LogP contribution in [0.3, 0.4) is 0 Å². The van der Waals surface area contributed by atoms with E-state index in [-0.39, 0.29) is 31.1 Å². The summed E-state index contributed by atoms with van der Waals surface area (Å²) in [6, 6.07) is 11.6. The summed E-state index contributed by atoms with van der Waals surface area (Å²) >= 11 is 0. The number of piperazine rings is 1. The third-order valence-corrected chi connectivity index (χ3v) is 6.48. The van der Waals surface area contributed by atoms with E-state index in [1.54, 1.807) is 0 Å². The fourth-order valence-corrected chi connectivity index (χ4v) is 4.83. The number of para-hydroxylation sites is 1. The summed E-state index contributed by atoms with van der Waals surface area (Å²) in [6.45, 7) is 8.27. The lowest BCUT2D eigenvalue weighted by Crippen LogP contribution is -2.52. The van der Waals surface area contributed by atoms with Gasteiger partial charge in [-0.3, -0.25) is 19.4 Å². The molecule has 3 heterocycles. The highest BCUT2D eigenvalue weighted by atomic mass is 16.7. The van der Waals surface area contributed by atoms with Gasteiger partial charge in [-0.1, -0.05) is 24.3 Å². The monoisotopic (exact) mass is 421 g/mol. The maximum Gasteiger partial charge on any atom is 0.251 e. The fraction of sp³-hybridized carbons (Fsp3) is 0.417. The highest BCUT2D eigenvalue weighted by Gasteiger charge is 2.44. The number of hydrogen-bond acceptors (Lipinski definition) is 6. The highest BCUT2D eigenvalue weighted by molar-refractivity contribution is 6.23. The Balaban J connectivity index is 1.23. The van der Waals surface area contributed by atoms with E-state index in [1.165, 1.54) is 10.5 Å². The summed E-state index contributed by atoms with van der Waals surface area (Å²) in [5.74, 6) is 1.41. The van der Waals surface area contributed by atoms with Gasteiger partial charge in [0, 0.05) is 32.7 Å². The van der Waals surface area contributed by atoms with Crippen LogP contribution in [0.15, 0.2) is 36.4 Å². The molecule has 7 nitrogen and oxygen atoms in total. The summed E-state index contributed by atoms with van der Waals surface area (Å²) in [6.07, 6.45) is 0.259. The number of hydrogen-bond donors (Lipinski definition) is 0. The minimum atomic E-state index is -0.362. The molecule has 2 aromatic rings. The number of ether oxygens (including phenoxy) is 2. The van der Waals surface area contributed by atoms with Crippen LogP contribution in [0.25, 0.3) is 0 Å². The first-order valence-corrected chi connectivity index (χ1v) is 10.8. The van der Waals surface area contributed by atoms with Gasteiger partial charge in [0.1, 0.15) is 0 Å². The lowest BCUT2D eigenvalue weighted by Gasteiger charge is -2.37. The lowest BCUT2D eigenvalue weighted by molar-refractivity contribution is -0.123. The van der Waals surface area contributed by atoms with Crippen molar-refractivity contribution in [1.29, 1.82) is 0 Å². The van der Waals surface area contributed by atoms with Crippen molar-refractivity contribution in [3.8, 4) is 11.5 Å². The molecule has 0 aliphatic carbocycles. The van der Waals surface area contributed by atoms with Crippen LogP contribution in [-0.2, 0) is 16.1 Å². The molecule has 31 heavy (non-hydrogen) atoms. The van der Waals surface area contributed by atoms with Gasteiger partial charge in [0.2, 0.25) is 12.7 Å². The van der Waals surface area contributed by atoms with Gasteiger partial charge in [-0.15, -0.1) is 0 Å². The zero-order valence-electron chi connectivity index (χ0n) is 18.0. The number of nitrogens with zero attached hydrogens (tertiary/aromatic N) is 3. The van der Waals surface area contributed by atoms with Crippen molar-refractivity contribution in [2.24, 2.45) is 0 Å². The maximum absolute atomic E-state index is 13.2. The predicted octanol–water partition coefficient (Wildman–Crippen LogP) is 2.48. The van der Waals surface area contributed by atoms with Crippen LogP contribution in [0.4, 0.5) is 5.69 Å². The largest absolute Gasteiger partial charge is 0.454 e. The van der Waals surface area contributed by atoms with Crippen molar-refractivity contribution in [3.05, 3.63) is 53.1 Å². The second-order valence-corrected chi connectivity index (χ2v) is 8.53. The van der Waals surface area contributed by atoms with Crippen LogP contribution in [0, 0.1) is 13.8 Å². The number of anilines is 1. The van der Waals surface area contributed by atoms with Gasteiger partial charge in [-0.25, -0.2) is 4.90 Å². The number of amides is 2. The van der Waals surface area contributed by atoms with Crippen LogP contribution in [0.2, 0.25) is 0 Å². The van der Waals surface area contributed by atoms with E-state index < -0.39 is 0 Å². The van der Waals surface area contributed by atoms with Crippen LogP contribution in [-0.4, -0.2) is 60.6 Å². The Hall–Kier alpha value is -2.90. The molecule has 2 amide bonds. The Morgan fingerprint density at radius 2 is 1.65 bits per heavy atom. The summed E-state index contributed by atoms with van der Waals surface area (Å²) in [5.41, 5.74) is 3.85. The third kappa shape index (κ3) is 3.68. The number of imide groups is 1. The quantitative estimate of drug-likeness (QED) is 0.707. The van der Waals surface area contributed by atoms with Crippen molar-refractivity contribution in [2.45, 2.75) is 32.9 Å². The average Bonchev–Trinajstić information content (AvgIpc) is 3.33. The van der Waals surface area contributed by atoms with Gasteiger partial charge in [-0.2, -0.15) is 0 Å². The van der Waals surface area contributed by atoms with Gasteiger partial charge in [-0.05, 0) is 42.7 Å². The van der Waals surface area contributed by atoms with Crippen LogP contribution in [0.5, 0.6) is 11.5 Å². The average molecular weight is 421 g/mol. The first-order chi connectivity index (χ1) is 15.0. The number of carbonyl (C=O) groups is 2. The number of fused-ring (bicyclic) bond motifs is 1. The number of benzene rings is 2. The van der Waals surface area contributed by atoms with Crippen LogP contribution < -0.4 is 14.4 Å². The Morgan fingerprint density at radius 3 is 2.39 bits per heavy atom. The van der Waals surface area contributed by atoms with Crippen molar-refractivity contribution >= 4 is 17.5 Å². The molecule has 5 rings (SSSR count). The molecule has 2 aromatic carbocycles. The molecule has 162 valence electrons. The SMILES string of the molecule is Cc1cccc(C)c1N1C(=O)C[C@@H](N2CCN(Cc3ccc4c(c3)OCO4)CC2)C1=O. The molecular weight excluding hydrogens is 394 g/mol. The van der Waals surface area contributed by atoms with Crippen LogP contribution >= 0.6 is 0 Å². The van der Waals surface area contributed by atoms with Crippen molar-refractivity contribution in [3.63, 3.8) is 0 Å². The smallest absolute Gasteiger partial charge is 0.251 e. The van der Waals surface area contributed by atoms with E-state index in [2.05, 4.69) is 15.9 Å². The Morgan fingerprint density at radius 1 is 0.935 bits per heavy atom. The molecule has 0 radical (unpaired) electrons. The summed E-state index contributed by atoms with van der Waals surface area (Å²) in [5, 5.41) is 0. The molecule has 7 heteroatoms. The fourth-order valence-electron chi connectivity index (χ4n) is 4.83. The lowest BCUT2D eigenvalue weighted by atomic mass is 10.1. The van der Waals surface area contributed by atoms with E-state index in [1.807, 2.05) is 44.2 Å². The molecule has 1 atom stereocenters. The molecular formula is C24H27N3O4. The van der Waals surface area contributed by atoms with Crippen molar-refractivity contribution in [2.75, 3.05) is 37.9 Å². The summed E-state index contributed by atoms with van der Waals surface area (Å²) in [4.78, 5) is 32.0. The van der Waals surface area contributed by atoms with Gasteiger partial charge in [0.15, 0.2) is 11.5 Å². The maximum atomic E-state index is 13.2. The molecule has 0 spiro atoms. The molecule has 0 bridgehead atoms. The molecule has 3 aliphatic rings. The first-order valence-electron chi connectivity index (χ1n) is 10.8. The molecule has 0 N–H and O–H groups in total. The zero-order chi connectivity index (χ0) is 21.5. The normalized spacial score (nSPS) is 21.9. The minimum Gasteiger partial charge on any atom is -0.454 e. The Labute approximate surface area is 182 Å². The summed E-state index contributed by atoms with van der Waals surface area (Å²) < 4.78 is 10.9. The minimum absolute atomic E-state index is 0.0911. The van der Waals surface area contributed by atoms with Crippen molar-refractivity contribution in [1.82, 2.24) is 9.80 Å². The molecule has 3 aliphatic heterocycles. The van der Waals surface area contributed by atoms with E-state index in [9.17, 15) is 9.59 Å². The van der Waals surface area contributed by atoms with E-state index >= 15 is 0 Å². The molecule has 0 aromatic heterocycles. The van der Waals surface area contributed by atoms with E-state index in [4.69, 9.17) is 9.47 Å². The van der Waals surface area contributed by atoms with Gasteiger partial charge < -0.3 is 9.47 Å². The highest BCUT2D eigenvalue weighted by Crippen LogP contribution is 2.34. The summed E-state index contributed by atoms with van der Waals surface area (Å²) in [7, 11) is 0.